The number of nitriles is 1. The van der Waals surface area contributed by atoms with Crippen molar-refractivity contribution in [3.05, 3.63) is 23.3 Å². The van der Waals surface area contributed by atoms with Gasteiger partial charge in [0.25, 0.3) is 6.43 Å². The summed E-state index contributed by atoms with van der Waals surface area (Å²) in [7, 11) is -4.44. The lowest BCUT2D eigenvalue weighted by Crippen LogP contribution is -2.16. The van der Waals surface area contributed by atoms with Crippen LogP contribution in [-0.2, 0) is 10.0 Å². The molecule has 0 bridgehead atoms. The van der Waals surface area contributed by atoms with Crippen molar-refractivity contribution >= 4 is 10.0 Å². The minimum absolute atomic E-state index is 0.430. The summed E-state index contributed by atoms with van der Waals surface area (Å²) in [6.07, 6.45) is -3.18. The van der Waals surface area contributed by atoms with Crippen molar-refractivity contribution in [2.75, 3.05) is 0 Å². The SMILES string of the molecule is N#Cc1cc(S(N)(=O)=O)c(F)nc1C(F)F. The third-order valence-corrected chi connectivity index (χ3v) is 2.51. The fraction of sp³-hybridized carbons (Fsp3) is 0.143. The first-order chi connectivity index (χ1) is 7.27. The number of halogens is 3. The van der Waals surface area contributed by atoms with Gasteiger partial charge in [0.2, 0.25) is 16.0 Å². The van der Waals surface area contributed by atoms with Crippen LogP contribution in [-0.4, -0.2) is 13.4 Å². The zero-order chi connectivity index (χ0) is 12.5. The molecule has 0 atom stereocenters. The first kappa shape index (κ1) is 12.4. The Morgan fingerprint density at radius 2 is 2.06 bits per heavy atom. The van der Waals surface area contributed by atoms with Gasteiger partial charge in [-0.05, 0) is 6.07 Å². The number of alkyl halides is 2. The summed E-state index contributed by atoms with van der Waals surface area (Å²) >= 11 is 0. The van der Waals surface area contributed by atoms with E-state index in [-0.39, 0.29) is 0 Å². The molecular weight excluding hydrogens is 247 g/mol. The maximum atomic E-state index is 13.0. The van der Waals surface area contributed by atoms with E-state index in [9.17, 15) is 21.6 Å². The molecule has 9 heteroatoms. The lowest BCUT2D eigenvalue weighted by molar-refractivity contribution is 0.144. The Hall–Kier alpha value is -1.66. The van der Waals surface area contributed by atoms with E-state index in [0.29, 0.717) is 6.07 Å². The number of sulfonamides is 1. The molecular formula is C7H4F3N3O2S. The monoisotopic (exact) mass is 251 g/mol. The molecule has 0 saturated carbocycles. The van der Waals surface area contributed by atoms with Gasteiger partial charge in [0.1, 0.15) is 16.7 Å². The number of aromatic nitrogens is 1. The van der Waals surface area contributed by atoms with Gasteiger partial charge in [0.15, 0.2) is 0 Å². The summed E-state index contributed by atoms with van der Waals surface area (Å²) < 4.78 is 59.1. The average molecular weight is 251 g/mol. The van der Waals surface area contributed by atoms with E-state index in [4.69, 9.17) is 5.26 Å². The molecule has 1 aromatic heterocycles. The van der Waals surface area contributed by atoms with Crippen molar-refractivity contribution in [1.29, 1.82) is 5.26 Å². The molecule has 0 aliphatic carbocycles. The zero-order valence-electron chi connectivity index (χ0n) is 7.49. The molecule has 0 aliphatic heterocycles. The largest absolute Gasteiger partial charge is 0.281 e. The molecule has 0 spiro atoms. The summed E-state index contributed by atoms with van der Waals surface area (Å²) in [5.41, 5.74) is -1.85. The van der Waals surface area contributed by atoms with Crippen LogP contribution in [0.4, 0.5) is 13.2 Å². The predicted molar refractivity (Wildman–Crippen MR) is 45.2 cm³/mol. The van der Waals surface area contributed by atoms with E-state index in [1.54, 1.807) is 0 Å². The Morgan fingerprint density at radius 1 is 1.50 bits per heavy atom. The maximum absolute atomic E-state index is 13.0. The van der Waals surface area contributed by atoms with Gasteiger partial charge in [-0.3, -0.25) is 0 Å². The number of nitrogens with zero attached hydrogens (tertiary/aromatic N) is 2. The Morgan fingerprint density at radius 3 is 2.44 bits per heavy atom. The second-order valence-electron chi connectivity index (χ2n) is 2.67. The third kappa shape index (κ3) is 2.29. The Kier molecular flexibility index (Phi) is 3.16. The fourth-order valence-corrected chi connectivity index (χ4v) is 1.50. The summed E-state index contributed by atoms with van der Waals surface area (Å²) in [6, 6.07) is 1.72. The van der Waals surface area contributed by atoms with Crippen molar-refractivity contribution in [2.24, 2.45) is 5.14 Å². The van der Waals surface area contributed by atoms with Crippen LogP contribution in [0.3, 0.4) is 0 Å². The summed E-state index contributed by atoms with van der Waals surface area (Å²) in [4.78, 5) is 1.62. The molecule has 5 nitrogen and oxygen atoms in total. The Balaban J connectivity index is 3.58. The highest BCUT2D eigenvalue weighted by Gasteiger charge is 2.23. The standard InChI is InChI=1S/C7H4F3N3O2S/c8-6(9)5-3(2-11)1-4(7(10)13-5)16(12,14)15/h1,6H,(H2,12,14,15). The van der Waals surface area contributed by atoms with Gasteiger partial charge in [-0.1, -0.05) is 0 Å². The molecule has 0 radical (unpaired) electrons. The van der Waals surface area contributed by atoms with E-state index in [0.717, 1.165) is 0 Å². The van der Waals surface area contributed by atoms with Crippen molar-refractivity contribution in [3.8, 4) is 6.07 Å². The van der Waals surface area contributed by atoms with E-state index in [1.165, 1.54) is 6.07 Å². The molecule has 86 valence electrons. The third-order valence-electron chi connectivity index (χ3n) is 1.61. The lowest BCUT2D eigenvalue weighted by atomic mass is 10.2. The van der Waals surface area contributed by atoms with Crippen molar-refractivity contribution in [2.45, 2.75) is 11.3 Å². The van der Waals surface area contributed by atoms with Gasteiger partial charge < -0.3 is 0 Å². The number of hydrogen-bond donors (Lipinski definition) is 1. The fourth-order valence-electron chi connectivity index (χ4n) is 0.941. The van der Waals surface area contributed by atoms with Gasteiger partial charge in [-0.15, -0.1) is 0 Å². The smallest absolute Gasteiger partial charge is 0.224 e. The molecule has 0 fully saturated rings. The maximum Gasteiger partial charge on any atom is 0.281 e. The van der Waals surface area contributed by atoms with E-state index < -0.39 is 38.5 Å². The van der Waals surface area contributed by atoms with Gasteiger partial charge in [-0.2, -0.15) is 9.65 Å². The van der Waals surface area contributed by atoms with Crippen LogP contribution in [0, 0.1) is 17.3 Å². The van der Waals surface area contributed by atoms with Gasteiger partial charge in [0, 0.05) is 0 Å². The highest BCUT2D eigenvalue weighted by atomic mass is 32.2. The molecule has 0 saturated heterocycles. The number of primary sulfonamides is 1. The van der Waals surface area contributed by atoms with Crippen LogP contribution >= 0.6 is 0 Å². The topological polar surface area (TPSA) is 96.8 Å². The molecule has 0 aromatic carbocycles. The zero-order valence-corrected chi connectivity index (χ0v) is 8.30. The van der Waals surface area contributed by atoms with Gasteiger partial charge >= 0.3 is 0 Å². The summed E-state index contributed by atoms with van der Waals surface area (Å²) in [5.74, 6) is -1.66. The number of pyridine rings is 1. The number of nitrogens with two attached hydrogens (primary N) is 1. The van der Waals surface area contributed by atoms with Crippen molar-refractivity contribution < 1.29 is 21.6 Å². The van der Waals surface area contributed by atoms with E-state index in [2.05, 4.69) is 10.1 Å². The molecule has 0 amide bonds. The number of hydrogen-bond acceptors (Lipinski definition) is 4. The van der Waals surface area contributed by atoms with Crippen LogP contribution in [0.5, 0.6) is 0 Å². The highest BCUT2D eigenvalue weighted by Crippen LogP contribution is 2.23. The van der Waals surface area contributed by atoms with Gasteiger partial charge in [0.05, 0.1) is 5.56 Å². The summed E-state index contributed by atoms with van der Waals surface area (Å²) in [6.45, 7) is 0. The minimum Gasteiger partial charge on any atom is -0.224 e. The first-order valence-corrected chi connectivity index (χ1v) is 5.23. The van der Waals surface area contributed by atoms with Crippen molar-refractivity contribution in [1.82, 2.24) is 4.98 Å². The van der Waals surface area contributed by atoms with Crippen LogP contribution < -0.4 is 5.14 Å². The molecule has 2 N–H and O–H groups in total. The molecule has 1 heterocycles. The second-order valence-corrected chi connectivity index (χ2v) is 4.20. The first-order valence-electron chi connectivity index (χ1n) is 3.69. The predicted octanol–water partition coefficient (Wildman–Crippen LogP) is 0.677. The van der Waals surface area contributed by atoms with Crippen LogP contribution in [0.25, 0.3) is 0 Å². The Labute approximate surface area is 88.4 Å². The molecule has 0 unspecified atom stereocenters. The average Bonchev–Trinajstić information content (AvgIpc) is 2.15. The Bertz CT molecular complexity index is 565. The molecule has 1 rings (SSSR count). The molecule has 0 aliphatic rings. The van der Waals surface area contributed by atoms with Crippen molar-refractivity contribution in [3.63, 3.8) is 0 Å². The molecule has 16 heavy (non-hydrogen) atoms. The van der Waals surface area contributed by atoms with Crippen LogP contribution in [0.15, 0.2) is 11.0 Å². The highest BCUT2D eigenvalue weighted by molar-refractivity contribution is 7.89. The molecule has 1 aromatic rings. The van der Waals surface area contributed by atoms with Gasteiger partial charge in [-0.25, -0.2) is 27.3 Å². The quantitative estimate of drug-likeness (QED) is 0.781. The summed E-state index contributed by atoms with van der Waals surface area (Å²) in [5, 5.41) is 13.1. The lowest BCUT2D eigenvalue weighted by Gasteiger charge is -2.05. The normalized spacial score (nSPS) is 11.5. The van der Waals surface area contributed by atoms with Crippen LogP contribution in [0.1, 0.15) is 17.7 Å². The van der Waals surface area contributed by atoms with Crippen LogP contribution in [0.2, 0.25) is 0 Å². The second kappa shape index (κ2) is 4.07. The van der Waals surface area contributed by atoms with E-state index >= 15 is 0 Å². The number of rotatable bonds is 2. The van der Waals surface area contributed by atoms with E-state index in [1.807, 2.05) is 0 Å². The minimum atomic E-state index is -4.44.